The van der Waals surface area contributed by atoms with Crippen molar-refractivity contribution in [2.75, 3.05) is 6.26 Å². The third kappa shape index (κ3) is 9.42. The molecule has 1 heterocycles. The van der Waals surface area contributed by atoms with E-state index in [0.717, 1.165) is 12.3 Å². The molecule has 0 unspecified atom stereocenters. The maximum absolute atomic E-state index is 9.08. The number of hydrogen-bond acceptors (Lipinski definition) is 3. The number of rotatable bonds is 2. The summed E-state index contributed by atoms with van der Waals surface area (Å²) in [6.07, 6.45) is 5.74. The second-order valence-electron chi connectivity index (χ2n) is 3.82. The number of aromatic nitrogens is 2. The predicted octanol–water partition coefficient (Wildman–Crippen LogP) is 0.199. The first kappa shape index (κ1) is 14.1. The summed E-state index contributed by atoms with van der Waals surface area (Å²) in [5.41, 5.74) is 0. The van der Waals surface area contributed by atoms with Crippen LogP contribution in [0, 0.1) is 5.92 Å². The van der Waals surface area contributed by atoms with Gasteiger partial charge in [0.05, 0.1) is 23.6 Å². The van der Waals surface area contributed by atoms with Crippen LogP contribution in [0.5, 0.6) is 0 Å². The van der Waals surface area contributed by atoms with Gasteiger partial charge in [-0.05, 0) is 5.92 Å². The Labute approximate surface area is 90.9 Å². The van der Waals surface area contributed by atoms with E-state index in [1.807, 2.05) is 12.4 Å². The molecule has 0 aliphatic rings. The minimum atomic E-state index is -3.92. The highest BCUT2D eigenvalue weighted by Crippen LogP contribution is 1.99. The summed E-state index contributed by atoms with van der Waals surface area (Å²) in [6, 6.07) is 0. The van der Waals surface area contributed by atoms with Crippen LogP contribution in [-0.2, 0) is 23.6 Å². The topological polar surface area (TPSA) is 76.9 Å². The highest BCUT2D eigenvalue weighted by Gasteiger charge is 2.07. The first-order valence-corrected chi connectivity index (χ1v) is 6.44. The summed E-state index contributed by atoms with van der Waals surface area (Å²) >= 11 is 0. The van der Waals surface area contributed by atoms with E-state index in [1.165, 1.54) is 5.82 Å². The Morgan fingerprint density at radius 1 is 1.53 bits per heavy atom. The molecule has 1 N–H and O–H groups in total. The first-order chi connectivity index (χ1) is 6.70. The normalized spacial score (nSPS) is 11.1. The number of H-pyrrole nitrogens is 1. The van der Waals surface area contributed by atoms with Crippen LogP contribution >= 0.6 is 0 Å². The van der Waals surface area contributed by atoms with Gasteiger partial charge in [-0.2, -0.15) is 0 Å². The Balaban J connectivity index is 0.000000336. The Bertz CT molecular complexity index is 374. The van der Waals surface area contributed by atoms with Gasteiger partial charge >= 0.3 is 0 Å². The molecule has 0 fully saturated rings. The molecule has 5 nitrogen and oxygen atoms in total. The minimum Gasteiger partial charge on any atom is -0.748 e. The third-order valence-corrected chi connectivity index (χ3v) is 1.58. The van der Waals surface area contributed by atoms with Gasteiger partial charge in [-0.25, -0.2) is 18.0 Å². The van der Waals surface area contributed by atoms with E-state index < -0.39 is 10.1 Å². The van der Waals surface area contributed by atoms with Gasteiger partial charge in [-0.15, -0.1) is 0 Å². The molecular formula is C9H18N2O3S. The second-order valence-corrected chi connectivity index (χ2v) is 5.23. The van der Waals surface area contributed by atoms with Crippen molar-refractivity contribution in [1.82, 2.24) is 4.98 Å². The van der Waals surface area contributed by atoms with Gasteiger partial charge in [-0.1, -0.05) is 13.8 Å². The summed E-state index contributed by atoms with van der Waals surface area (Å²) in [5.74, 6) is 2.03. The zero-order valence-corrected chi connectivity index (χ0v) is 10.3. The maximum atomic E-state index is 9.08. The second kappa shape index (κ2) is 5.87. The van der Waals surface area contributed by atoms with Gasteiger partial charge in [0.15, 0.2) is 0 Å². The zero-order chi connectivity index (χ0) is 12.1. The van der Waals surface area contributed by atoms with Crippen LogP contribution in [0.25, 0.3) is 0 Å². The van der Waals surface area contributed by atoms with Crippen molar-refractivity contribution >= 4 is 10.1 Å². The molecule has 1 aromatic rings. The molecule has 0 radical (unpaired) electrons. The van der Waals surface area contributed by atoms with Crippen molar-refractivity contribution in [3.8, 4) is 0 Å². The quantitative estimate of drug-likeness (QED) is 0.586. The molecule has 0 amide bonds. The van der Waals surface area contributed by atoms with Crippen LogP contribution in [0.1, 0.15) is 19.7 Å². The fourth-order valence-corrected chi connectivity index (χ4v) is 1.03. The number of nitrogens with zero attached hydrogens (tertiary/aromatic N) is 1. The molecule has 15 heavy (non-hydrogen) atoms. The lowest BCUT2D eigenvalue weighted by Gasteiger charge is -1.97. The van der Waals surface area contributed by atoms with Crippen molar-refractivity contribution in [1.29, 1.82) is 0 Å². The Morgan fingerprint density at radius 3 is 2.27 bits per heavy atom. The molecule has 1 rings (SSSR count). The number of aryl methyl sites for hydroxylation is 1. The summed E-state index contributed by atoms with van der Waals surface area (Å²) in [6.45, 7) is 4.45. The summed E-state index contributed by atoms with van der Waals surface area (Å²) < 4.78 is 29.4. The zero-order valence-electron chi connectivity index (χ0n) is 9.52. The highest BCUT2D eigenvalue weighted by molar-refractivity contribution is 7.84. The van der Waals surface area contributed by atoms with Crippen molar-refractivity contribution in [3.05, 3.63) is 18.2 Å². The third-order valence-electron chi connectivity index (χ3n) is 1.58. The van der Waals surface area contributed by atoms with E-state index in [1.54, 1.807) is 0 Å². The van der Waals surface area contributed by atoms with E-state index in [4.69, 9.17) is 13.0 Å². The highest BCUT2D eigenvalue weighted by atomic mass is 32.2. The standard InChI is InChI=1S/C8H14N2.CH4O3S/c1-7(2)6-8-9-4-5-10(8)3;1-5(2,3)4/h4-5,7H,6H2,1-3H3;1H3,(H,2,3,4). The number of imidazole rings is 1. The lowest BCUT2D eigenvalue weighted by atomic mass is 10.1. The van der Waals surface area contributed by atoms with Crippen LogP contribution in [0.3, 0.4) is 0 Å². The van der Waals surface area contributed by atoms with E-state index in [2.05, 4.69) is 30.4 Å². The van der Waals surface area contributed by atoms with Crippen LogP contribution in [0.2, 0.25) is 0 Å². The van der Waals surface area contributed by atoms with Crippen molar-refractivity contribution in [2.24, 2.45) is 13.0 Å². The Morgan fingerprint density at radius 2 is 2.00 bits per heavy atom. The lowest BCUT2D eigenvalue weighted by molar-refractivity contribution is -0.678. The summed E-state index contributed by atoms with van der Waals surface area (Å²) in [7, 11) is -1.85. The minimum absolute atomic E-state index is 0.604. The van der Waals surface area contributed by atoms with Crippen molar-refractivity contribution < 1.29 is 17.5 Å². The molecule has 0 atom stereocenters. The van der Waals surface area contributed by atoms with E-state index >= 15 is 0 Å². The van der Waals surface area contributed by atoms with Crippen LogP contribution in [0.15, 0.2) is 12.4 Å². The average molecular weight is 234 g/mol. The van der Waals surface area contributed by atoms with Gasteiger partial charge < -0.3 is 4.55 Å². The average Bonchev–Trinajstić information content (AvgIpc) is 2.31. The monoisotopic (exact) mass is 234 g/mol. The van der Waals surface area contributed by atoms with E-state index in [0.29, 0.717) is 6.26 Å². The maximum Gasteiger partial charge on any atom is 0.254 e. The van der Waals surface area contributed by atoms with Gasteiger partial charge in [0.2, 0.25) is 0 Å². The fraction of sp³-hybridized carbons (Fsp3) is 0.667. The molecule has 0 aliphatic heterocycles. The smallest absolute Gasteiger partial charge is 0.254 e. The predicted molar refractivity (Wildman–Crippen MR) is 56.1 cm³/mol. The van der Waals surface area contributed by atoms with Crippen molar-refractivity contribution in [2.45, 2.75) is 20.3 Å². The summed E-state index contributed by atoms with van der Waals surface area (Å²) in [5, 5.41) is 0. The molecule has 0 saturated carbocycles. The number of nitrogens with one attached hydrogen (secondary N) is 1. The summed E-state index contributed by atoms with van der Waals surface area (Å²) in [4.78, 5) is 3.20. The molecule has 0 bridgehead atoms. The Hall–Kier alpha value is -0.880. The largest absolute Gasteiger partial charge is 0.748 e. The first-order valence-electron chi connectivity index (χ1n) is 4.63. The molecule has 0 saturated heterocycles. The van der Waals surface area contributed by atoms with Gasteiger partial charge in [0, 0.05) is 6.26 Å². The molecule has 0 aromatic carbocycles. The van der Waals surface area contributed by atoms with Crippen LogP contribution in [0.4, 0.5) is 0 Å². The molecular weight excluding hydrogens is 216 g/mol. The van der Waals surface area contributed by atoms with Crippen molar-refractivity contribution in [3.63, 3.8) is 0 Å². The molecule has 1 aromatic heterocycles. The van der Waals surface area contributed by atoms with Crippen LogP contribution in [-0.4, -0.2) is 24.2 Å². The molecule has 0 spiro atoms. The molecule has 6 heteroatoms. The van der Waals surface area contributed by atoms with E-state index in [-0.39, 0.29) is 0 Å². The van der Waals surface area contributed by atoms with E-state index in [9.17, 15) is 0 Å². The molecule has 0 aliphatic carbocycles. The van der Waals surface area contributed by atoms with Gasteiger partial charge in [-0.3, -0.25) is 0 Å². The van der Waals surface area contributed by atoms with Gasteiger partial charge in [0.1, 0.15) is 12.4 Å². The molecule has 88 valence electrons. The fourth-order valence-electron chi connectivity index (χ4n) is 1.03. The van der Waals surface area contributed by atoms with Gasteiger partial charge in [0.25, 0.3) is 5.82 Å². The Kier molecular flexibility index (Phi) is 5.53. The van der Waals surface area contributed by atoms with Crippen LogP contribution < -0.4 is 4.57 Å². The SMILES string of the molecule is CC(C)Cc1[nH]cc[n+]1C.CS(=O)(=O)[O-]. The number of hydrogen-bond donors (Lipinski definition) is 1. The lowest BCUT2D eigenvalue weighted by Crippen LogP contribution is -2.31. The number of aromatic amines is 1.